The molecule has 3 aromatic carbocycles. The van der Waals surface area contributed by atoms with Gasteiger partial charge in [0.15, 0.2) is 0 Å². The van der Waals surface area contributed by atoms with Gasteiger partial charge >= 0.3 is 0 Å². The molecule has 0 bridgehead atoms. The van der Waals surface area contributed by atoms with Crippen LogP contribution in [0.15, 0.2) is 72.8 Å². The van der Waals surface area contributed by atoms with Gasteiger partial charge in [0.1, 0.15) is 23.6 Å². The van der Waals surface area contributed by atoms with Gasteiger partial charge in [0.05, 0.1) is 17.1 Å². The number of hydrogen-bond donors (Lipinski definition) is 1. The van der Waals surface area contributed by atoms with Gasteiger partial charge in [-0.25, -0.2) is 4.68 Å². The van der Waals surface area contributed by atoms with Gasteiger partial charge in [-0.15, -0.1) is 5.10 Å². The smallest absolute Gasteiger partial charge is 0.246 e. The minimum absolute atomic E-state index is 0.0734. The fraction of sp³-hybridized carbons (Fsp3) is 0.0476. The van der Waals surface area contributed by atoms with E-state index in [9.17, 15) is 4.79 Å². The van der Waals surface area contributed by atoms with Gasteiger partial charge in [-0.05, 0) is 60.7 Å². The minimum Gasteiger partial charge on any atom is -0.457 e. The van der Waals surface area contributed by atoms with Crippen molar-refractivity contribution in [2.24, 2.45) is 0 Å². The van der Waals surface area contributed by atoms with Gasteiger partial charge in [-0.1, -0.05) is 17.3 Å². The van der Waals surface area contributed by atoms with E-state index in [1.54, 1.807) is 53.2 Å². The van der Waals surface area contributed by atoms with Gasteiger partial charge < -0.3 is 10.1 Å². The number of anilines is 1. The first-order valence-corrected chi connectivity index (χ1v) is 8.57. The van der Waals surface area contributed by atoms with E-state index < -0.39 is 0 Å². The lowest BCUT2D eigenvalue weighted by Crippen LogP contribution is -2.19. The average Bonchev–Trinajstić information content (AvgIpc) is 3.13. The van der Waals surface area contributed by atoms with E-state index in [0.29, 0.717) is 22.7 Å². The highest BCUT2D eigenvalue weighted by atomic mass is 16.5. The van der Waals surface area contributed by atoms with Crippen LogP contribution >= 0.6 is 0 Å². The zero-order valence-electron chi connectivity index (χ0n) is 14.7. The van der Waals surface area contributed by atoms with Gasteiger partial charge in [0.25, 0.3) is 0 Å². The Kier molecular flexibility index (Phi) is 4.68. The number of carbonyl (C=O) groups excluding carboxylic acids is 1. The van der Waals surface area contributed by atoms with E-state index in [0.717, 1.165) is 11.0 Å². The minimum atomic E-state index is -0.198. The number of para-hydroxylation sites is 1. The number of nitriles is 1. The monoisotopic (exact) mass is 369 g/mol. The molecule has 1 amide bonds. The summed E-state index contributed by atoms with van der Waals surface area (Å²) < 4.78 is 7.29. The molecule has 0 fully saturated rings. The van der Waals surface area contributed by atoms with Crippen molar-refractivity contribution in [2.45, 2.75) is 6.54 Å². The number of benzene rings is 3. The topological polar surface area (TPSA) is 92.8 Å². The first-order valence-electron chi connectivity index (χ1n) is 8.57. The van der Waals surface area contributed by atoms with Crippen molar-refractivity contribution >= 4 is 22.6 Å². The van der Waals surface area contributed by atoms with Crippen molar-refractivity contribution in [3.8, 4) is 17.6 Å². The van der Waals surface area contributed by atoms with E-state index in [2.05, 4.69) is 21.7 Å². The van der Waals surface area contributed by atoms with E-state index in [-0.39, 0.29) is 12.5 Å². The Hall–Kier alpha value is -4.18. The lowest BCUT2D eigenvalue weighted by Gasteiger charge is -2.08. The Balaban J connectivity index is 1.38. The molecule has 136 valence electrons. The summed E-state index contributed by atoms with van der Waals surface area (Å²) in [6.45, 7) is 0.0734. The Morgan fingerprint density at radius 1 is 1.00 bits per heavy atom. The highest BCUT2D eigenvalue weighted by Crippen LogP contribution is 2.23. The fourth-order valence-electron chi connectivity index (χ4n) is 2.71. The molecular formula is C21H15N5O2. The molecule has 0 spiro atoms. The third kappa shape index (κ3) is 3.81. The summed E-state index contributed by atoms with van der Waals surface area (Å²) in [4.78, 5) is 12.3. The standard InChI is InChI=1S/C21H15N5O2/c22-13-15-5-9-17(10-6-15)28-18-11-7-16(8-12-18)23-21(27)14-26-20-4-2-1-3-19(20)24-25-26/h1-12H,14H2,(H,23,27). The zero-order chi connectivity index (χ0) is 19.3. The summed E-state index contributed by atoms with van der Waals surface area (Å²) >= 11 is 0. The quantitative estimate of drug-likeness (QED) is 0.578. The number of ether oxygens (including phenoxy) is 1. The summed E-state index contributed by atoms with van der Waals surface area (Å²) in [7, 11) is 0. The molecule has 0 radical (unpaired) electrons. The van der Waals surface area contributed by atoms with Crippen LogP contribution in [-0.2, 0) is 11.3 Å². The lowest BCUT2D eigenvalue weighted by molar-refractivity contribution is -0.116. The van der Waals surface area contributed by atoms with Crippen LogP contribution < -0.4 is 10.1 Å². The highest BCUT2D eigenvalue weighted by Gasteiger charge is 2.09. The van der Waals surface area contributed by atoms with Crippen LogP contribution in [0.2, 0.25) is 0 Å². The molecule has 0 aliphatic rings. The highest BCUT2D eigenvalue weighted by molar-refractivity contribution is 5.91. The lowest BCUT2D eigenvalue weighted by atomic mass is 10.2. The Bertz CT molecular complexity index is 1160. The Morgan fingerprint density at radius 2 is 1.68 bits per heavy atom. The molecule has 0 aliphatic heterocycles. The van der Waals surface area contributed by atoms with Crippen LogP contribution in [0.5, 0.6) is 11.5 Å². The maximum Gasteiger partial charge on any atom is 0.246 e. The van der Waals surface area contributed by atoms with Crippen molar-refractivity contribution in [1.29, 1.82) is 5.26 Å². The molecule has 0 saturated heterocycles. The second-order valence-electron chi connectivity index (χ2n) is 6.05. The van der Waals surface area contributed by atoms with Crippen LogP contribution in [0.25, 0.3) is 11.0 Å². The molecule has 1 N–H and O–H groups in total. The second kappa shape index (κ2) is 7.60. The molecule has 0 atom stereocenters. The van der Waals surface area contributed by atoms with Crippen LogP contribution in [0.4, 0.5) is 5.69 Å². The Labute approximate surface area is 160 Å². The molecule has 0 aliphatic carbocycles. The molecule has 4 aromatic rings. The zero-order valence-corrected chi connectivity index (χ0v) is 14.7. The van der Waals surface area contributed by atoms with Gasteiger partial charge in [0.2, 0.25) is 5.91 Å². The molecule has 1 aromatic heterocycles. The first kappa shape index (κ1) is 17.2. The maximum atomic E-state index is 12.3. The molecule has 28 heavy (non-hydrogen) atoms. The van der Waals surface area contributed by atoms with Crippen molar-refractivity contribution in [3.05, 3.63) is 78.4 Å². The summed E-state index contributed by atoms with van der Waals surface area (Å²) in [5.41, 5.74) is 2.79. The van der Waals surface area contributed by atoms with E-state index in [4.69, 9.17) is 10.00 Å². The maximum absolute atomic E-state index is 12.3. The van der Waals surface area contributed by atoms with Crippen LogP contribution in [0.3, 0.4) is 0 Å². The van der Waals surface area contributed by atoms with Gasteiger partial charge in [-0.2, -0.15) is 5.26 Å². The van der Waals surface area contributed by atoms with E-state index >= 15 is 0 Å². The molecule has 7 nitrogen and oxygen atoms in total. The number of fused-ring (bicyclic) bond motifs is 1. The van der Waals surface area contributed by atoms with Crippen molar-refractivity contribution < 1.29 is 9.53 Å². The summed E-state index contributed by atoms with van der Waals surface area (Å²) in [5.74, 6) is 1.07. The van der Waals surface area contributed by atoms with Gasteiger partial charge in [-0.3, -0.25) is 4.79 Å². The largest absolute Gasteiger partial charge is 0.457 e. The number of carbonyl (C=O) groups is 1. The van der Waals surface area contributed by atoms with Crippen LogP contribution in [-0.4, -0.2) is 20.9 Å². The van der Waals surface area contributed by atoms with Crippen molar-refractivity contribution in [1.82, 2.24) is 15.0 Å². The normalized spacial score (nSPS) is 10.4. The molecule has 0 saturated carbocycles. The number of amides is 1. The summed E-state index contributed by atoms with van der Waals surface area (Å²) in [6, 6.07) is 23.4. The van der Waals surface area contributed by atoms with Crippen molar-refractivity contribution in [2.75, 3.05) is 5.32 Å². The van der Waals surface area contributed by atoms with Crippen LogP contribution in [0.1, 0.15) is 5.56 Å². The number of nitrogens with one attached hydrogen (secondary N) is 1. The third-order valence-corrected chi connectivity index (χ3v) is 4.07. The predicted octanol–water partition coefficient (Wildman–Crippen LogP) is 3.73. The molecule has 7 heteroatoms. The van der Waals surface area contributed by atoms with Gasteiger partial charge in [0, 0.05) is 5.69 Å². The molecular weight excluding hydrogens is 354 g/mol. The number of rotatable bonds is 5. The summed E-state index contributed by atoms with van der Waals surface area (Å²) in [6.07, 6.45) is 0. The first-order chi connectivity index (χ1) is 13.7. The Morgan fingerprint density at radius 3 is 2.39 bits per heavy atom. The third-order valence-electron chi connectivity index (χ3n) is 4.07. The number of hydrogen-bond acceptors (Lipinski definition) is 5. The molecule has 4 rings (SSSR count). The van der Waals surface area contributed by atoms with Crippen LogP contribution in [0, 0.1) is 11.3 Å². The average molecular weight is 369 g/mol. The van der Waals surface area contributed by atoms with E-state index in [1.807, 2.05) is 24.3 Å². The summed E-state index contributed by atoms with van der Waals surface area (Å²) in [5, 5.41) is 19.7. The fourth-order valence-corrected chi connectivity index (χ4v) is 2.71. The van der Waals surface area contributed by atoms with E-state index in [1.165, 1.54) is 0 Å². The predicted molar refractivity (Wildman–Crippen MR) is 104 cm³/mol. The number of aromatic nitrogens is 3. The molecule has 0 unspecified atom stereocenters. The number of nitrogens with zero attached hydrogens (tertiary/aromatic N) is 4. The van der Waals surface area contributed by atoms with Crippen molar-refractivity contribution in [3.63, 3.8) is 0 Å². The SMILES string of the molecule is N#Cc1ccc(Oc2ccc(NC(=O)Cn3nnc4ccccc43)cc2)cc1. The second-order valence-corrected chi connectivity index (χ2v) is 6.05. The molecule has 1 heterocycles.